The first-order chi connectivity index (χ1) is 10.7. The summed E-state index contributed by atoms with van der Waals surface area (Å²) < 4.78 is 5.62. The van der Waals surface area contributed by atoms with Crippen molar-refractivity contribution >= 4 is 5.91 Å². The summed E-state index contributed by atoms with van der Waals surface area (Å²) in [5, 5.41) is 2.95. The van der Waals surface area contributed by atoms with Crippen LogP contribution in [0.4, 0.5) is 0 Å². The topological polar surface area (TPSA) is 38.3 Å². The Balaban J connectivity index is 1.52. The lowest BCUT2D eigenvalue weighted by molar-refractivity contribution is -0.123. The molecule has 1 N–H and O–H groups in total. The lowest BCUT2D eigenvalue weighted by Gasteiger charge is -2.15. The van der Waals surface area contributed by atoms with E-state index in [4.69, 9.17) is 4.74 Å². The van der Waals surface area contributed by atoms with Crippen molar-refractivity contribution in [3.8, 4) is 5.75 Å². The van der Waals surface area contributed by atoms with Gasteiger partial charge in [0.15, 0.2) is 6.61 Å². The van der Waals surface area contributed by atoms with Crippen LogP contribution in [0.5, 0.6) is 5.75 Å². The zero-order valence-electron chi connectivity index (χ0n) is 12.8. The smallest absolute Gasteiger partial charge is 0.258 e. The Kier molecular flexibility index (Phi) is 4.42. The van der Waals surface area contributed by atoms with Crippen molar-refractivity contribution in [3.63, 3.8) is 0 Å². The standard InChI is InChI=1S/C19H21NO2/c1-14(15-6-3-2-4-7-15)20-19(21)13-22-18-11-10-16-8-5-9-17(16)12-18/h2-4,6-7,10-12,14H,5,8-9,13H2,1H3,(H,20,21)/t14-/m0/s1. The average molecular weight is 295 g/mol. The van der Waals surface area contributed by atoms with Crippen LogP contribution in [0.25, 0.3) is 0 Å². The molecule has 2 aromatic carbocycles. The maximum absolute atomic E-state index is 12.0. The summed E-state index contributed by atoms with van der Waals surface area (Å²) >= 11 is 0. The van der Waals surface area contributed by atoms with Gasteiger partial charge in [0.25, 0.3) is 5.91 Å². The highest BCUT2D eigenvalue weighted by molar-refractivity contribution is 5.78. The SMILES string of the molecule is C[C@H](NC(=O)COc1ccc2c(c1)CCC2)c1ccccc1. The Morgan fingerprint density at radius 2 is 1.91 bits per heavy atom. The molecule has 0 saturated carbocycles. The maximum Gasteiger partial charge on any atom is 0.258 e. The van der Waals surface area contributed by atoms with Gasteiger partial charge in [-0.2, -0.15) is 0 Å². The maximum atomic E-state index is 12.0. The Hall–Kier alpha value is -2.29. The lowest BCUT2D eigenvalue weighted by atomic mass is 10.1. The van der Waals surface area contributed by atoms with Gasteiger partial charge in [-0.3, -0.25) is 4.79 Å². The van der Waals surface area contributed by atoms with E-state index in [2.05, 4.69) is 17.4 Å². The Labute approximate surface area is 131 Å². The molecule has 114 valence electrons. The fourth-order valence-corrected chi connectivity index (χ4v) is 2.90. The molecule has 2 aromatic rings. The second-order valence-corrected chi connectivity index (χ2v) is 5.77. The van der Waals surface area contributed by atoms with Gasteiger partial charge in [0, 0.05) is 0 Å². The summed E-state index contributed by atoms with van der Waals surface area (Å²) in [6.45, 7) is 2.03. The number of ether oxygens (including phenoxy) is 1. The number of rotatable bonds is 5. The number of hydrogen-bond donors (Lipinski definition) is 1. The highest BCUT2D eigenvalue weighted by Crippen LogP contribution is 2.25. The largest absolute Gasteiger partial charge is 0.484 e. The van der Waals surface area contributed by atoms with Gasteiger partial charge in [0.1, 0.15) is 5.75 Å². The second kappa shape index (κ2) is 6.65. The molecule has 1 atom stereocenters. The monoisotopic (exact) mass is 295 g/mol. The van der Waals surface area contributed by atoms with E-state index in [-0.39, 0.29) is 18.6 Å². The molecule has 0 radical (unpaired) electrons. The normalized spacial score (nSPS) is 14.2. The summed E-state index contributed by atoms with van der Waals surface area (Å²) in [4.78, 5) is 12.0. The predicted molar refractivity (Wildman–Crippen MR) is 87.0 cm³/mol. The van der Waals surface area contributed by atoms with Crippen molar-refractivity contribution in [2.75, 3.05) is 6.61 Å². The quantitative estimate of drug-likeness (QED) is 0.917. The van der Waals surface area contributed by atoms with Crippen LogP contribution in [-0.4, -0.2) is 12.5 Å². The number of carbonyl (C=O) groups is 1. The van der Waals surface area contributed by atoms with Crippen molar-refractivity contribution in [2.45, 2.75) is 32.2 Å². The molecule has 0 fully saturated rings. The molecule has 1 aliphatic rings. The third-order valence-corrected chi connectivity index (χ3v) is 4.12. The van der Waals surface area contributed by atoms with Crippen LogP contribution in [0.3, 0.4) is 0 Å². The van der Waals surface area contributed by atoms with Gasteiger partial charge in [-0.15, -0.1) is 0 Å². The first-order valence-corrected chi connectivity index (χ1v) is 7.81. The Morgan fingerprint density at radius 1 is 1.14 bits per heavy atom. The lowest BCUT2D eigenvalue weighted by Crippen LogP contribution is -2.31. The number of fused-ring (bicyclic) bond motifs is 1. The molecule has 0 heterocycles. The van der Waals surface area contributed by atoms with Crippen molar-refractivity contribution in [2.24, 2.45) is 0 Å². The first kappa shape index (κ1) is 14.6. The molecule has 0 aliphatic heterocycles. The van der Waals surface area contributed by atoms with Crippen molar-refractivity contribution in [1.82, 2.24) is 5.32 Å². The van der Waals surface area contributed by atoms with E-state index in [0.29, 0.717) is 0 Å². The zero-order valence-corrected chi connectivity index (χ0v) is 12.8. The summed E-state index contributed by atoms with van der Waals surface area (Å²) in [6.07, 6.45) is 3.49. The number of benzene rings is 2. The molecule has 22 heavy (non-hydrogen) atoms. The molecule has 1 aliphatic carbocycles. The molecule has 0 aromatic heterocycles. The second-order valence-electron chi connectivity index (χ2n) is 5.77. The van der Waals surface area contributed by atoms with E-state index in [1.807, 2.05) is 43.3 Å². The summed E-state index contributed by atoms with van der Waals surface area (Å²) in [5.41, 5.74) is 3.86. The van der Waals surface area contributed by atoms with Gasteiger partial charge < -0.3 is 10.1 Å². The first-order valence-electron chi connectivity index (χ1n) is 7.81. The molecule has 0 bridgehead atoms. The molecule has 3 rings (SSSR count). The van der Waals surface area contributed by atoms with E-state index < -0.39 is 0 Å². The molecule has 3 nitrogen and oxygen atoms in total. The highest BCUT2D eigenvalue weighted by Gasteiger charge is 2.13. The molecule has 0 saturated heterocycles. The van der Waals surface area contributed by atoms with Crippen LogP contribution in [-0.2, 0) is 17.6 Å². The van der Waals surface area contributed by atoms with Gasteiger partial charge in [-0.25, -0.2) is 0 Å². The van der Waals surface area contributed by atoms with Gasteiger partial charge >= 0.3 is 0 Å². The van der Waals surface area contributed by atoms with Crippen LogP contribution >= 0.6 is 0 Å². The van der Waals surface area contributed by atoms with Gasteiger partial charge in [0.2, 0.25) is 0 Å². The van der Waals surface area contributed by atoms with E-state index in [0.717, 1.165) is 24.2 Å². The van der Waals surface area contributed by atoms with Gasteiger partial charge in [-0.1, -0.05) is 36.4 Å². The van der Waals surface area contributed by atoms with Crippen LogP contribution in [0.1, 0.15) is 36.1 Å². The third-order valence-electron chi connectivity index (χ3n) is 4.12. The Morgan fingerprint density at radius 3 is 2.73 bits per heavy atom. The Bertz CT molecular complexity index is 652. The van der Waals surface area contributed by atoms with Gasteiger partial charge in [-0.05, 0) is 55.0 Å². The summed E-state index contributed by atoms with van der Waals surface area (Å²) in [7, 11) is 0. The molecule has 0 spiro atoms. The van der Waals surface area contributed by atoms with Gasteiger partial charge in [0.05, 0.1) is 6.04 Å². The minimum Gasteiger partial charge on any atom is -0.484 e. The number of amides is 1. The van der Waals surface area contributed by atoms with Crippen LogP contribution in [0.15, 0.2) is 48.5 Å². The minimum atomic E-state index is -0.100. The highest BCUT2D eigenvalue weighted by atomic mass is 16.5. The summed E-state index contributed by atoms with van der Waals surface area (Å²) in [6, 6.07) is 16.0. The van der Waals surface area contributed by atoms with E-state index in [9.17, 15) is 4.79 Å². The van der Waals surface area contributed by atoms with Crippen molar-refractivity contribution in [1.29, 1.82) is 0 Å². The summed E-state index contributed by atoms with van der Waals surface area (Å²) in [5.74, 6) is 0.681. The number of aryl methyl sites for hydroxylation is 2. The number of nitrogens with one attached hydrogen (secondary N) is 1. The third kappa shape index (κ3) is 3.48. The molecule has 0 unspecified atom stereocenters. The van der Waals surface area contributed by atoms with Crippen LogP contribution in [0, 0.1) is 0 Å². The van der Waals surface area contributed by atoms with Crippen molar-refractivity contribution in [3.05, 3.63) is 65.2 Å². The van der Waals surface area contributed by atoms with E-state index >= 15 is 0 Å². The van der Waals surface area contributed by atoms with Crippen molar-refractivity contribution < 1.29 is 9.53 Å². The molecular formula is C19H21NO2. The number of carbonyl (C=O) groups excluding carboxylic acids is 1. The van der Waals surface area contributed by atoms with E-state index in [1.165, 1.54) is 17.5 Å². The zero-order chi connectivity index (χ0) is 15.4. The van der Waals surface area contributed by atoms with E-state index in [1.54, 1.807) is 0 Å². The predicted octanol–water partition coefficient (Wildman–Crippen LogP) is 3.43. The molecular weight excluding hydrogens is 274 g/mol. The fourth-order valence-electron chi connectivity index (χ4n) is 2.90. The van der Waals surface area contributed by atoms with Crippen LogP contribution < -0.4 is 10.1 Å². The number of hydrogen-bond acceptors (Lipinski definition) is 2. The van der Waals surface area contributed by atoms with Crippen LogP contribution in [0.2, 0.25) is 0 Å². The average Bonchev–Trinajstić information content (AvgIpc) is 3.01. The molecule has 1 amide bonds. The fraction of sp³-hybridized carbons (Fsp3) is 0.316. The minimum absolute atomic E-state index is 0.0164. The molecule has 3 heteroatoms.